The summed E-state index contributed by atoms with van der Waals surface area (Å²) in [5.41, 5.74) is 3.71. The third-order valence-corrected chi connectivity index (χ3v) is 5.49. The minimum Gasteiger partial charge on any atom is -0.325 e. The highest BCUT2D eigenvalue weighted by atomic mass is 32.1. The van der Waals surface area contributed by atoms with Crippen LogP contribution in [0.1, 0.15) is 11.1 Å². The van der Waals surface area contributed by atoms with Gasteiger partial charge in [-0.25, -0.2) is 4.98 Å². The smallest absolute Gasteiger partial charge is 0.262 e. The largest absolute Gasteiger partial charge is 0.325 e. The summed E-state index contributed by atoms with van der Waals surface area (Å²) in [4.78, 5) is 31.3. The summed E-state index contributed by atoms with van der Waals surface area (Å²) in [5, 5.41) is 3.39. The van der Waals surface area contributed by atoms with Gasteiger partial charge < -0.3 is 5.32 Å². The van der Waals surface area contributed by atoms with Crippen molar-refractivity contribution in [2.24, 2.45) is 0 Å². The number of aromatic nitrogens is 2. The van der Waals surface area contributed by atoms with Gasteiger partial charge in [0.2, 0.25) is 5.91 Å². The van der Waals surface area contributed by atoms with E-state index in [-0.39, 0.29) is 18.0 Å². The molecule has 28 heavy (non-hydrogen) atoms. The Hall–Kier alpha value is -3.25. The summed E-state index contributed by atoms with van der Waals surface area (Å²) in [6.07, 6.45) is 1.44. The lowest BCUT2D eigenvalue weighted by atomic mass is 10.1. The minimum atomic E-state index is -0.258. The molecule has 0 fully saturated rings. The molecule has 2 aromatic heterocycles. The highest BCUT2D eigenvalue weighted by molar-refractivity contribution is 7.21. The molecule has 0 atom stereocenters. The molecule has 0 unspecified atom stereocenters. The number of carbonyl (C=O) groups is 1. The van der Waals surface area contributed by atoms with Gasteiger partial charge in [0.05, 0.1) is 11.7 Å². The van der Waals surface area contributed by atoms with E-state index in [2.05, 4.69) is 10.3 Å². The van der Waals surface area contributed by atoms with Gasteiger partial charge in [-0.2, -0.15) is 0 Å². The van der Waals surface area contributed by atoms with Crippen LogP contribution in [0.2, 0.25) is 0 Å². The first kappa shape index (κ1) is 18.1. The van der Waals surface area contributed by atoms with Gasteiger partial charge in [0.25, 0.3) is 5.56 Å². The number of fused-ring (bicyclic) bond motifs is 1. The third kappa shape index (κ3) is 3.73. The zero-order valence-corrected chi connectivity index (χ0v) is 16.4. The predicted octanol–water partition coefficient (Wildman–Crippen LogP) is 4.38. The van der Waals surface area contributed by atoms with Gasteiger partial charge >= 0.3 is 0 Å². The van der Waals surface area contributed by atoms with Crippen LogP contribution < -0.4 is 10.9 Å². The molecule has 1 N–H and O–H groups in total. The number of hydrogen-bond acceptors (Lipinski definition) is 4. The van der Waals surface area contributed by atoms with Crippen molar-refractivity contribution in [3.8, 4) is 10.4 Å². The SMILES string of the molecule is Cc1cc(C)cc(NC(=O)Cn2cnc3sc(-c4ccccc4)cc3c2=O)c1. The molecule has 0 radical (unpaired) electrons. The second-order valence-corrected chi connectivity index (χ2v) is 7.83. The molecule has 0 aliphatic rings. The van der Waals surface area contributed by atoms with E-state index in [9.17, 15) is 9.59 Å². The van der Waals surface area contributed by atoms with Crippen LogP contribution in [0.15, 0.2) is 65.7 Å². The van der Waals surface area contributed by atoms with E-state index in [1.807, 2.05) is 68.4 Å². The van der Waals surface area contributed by atoms with Crippen LogP contribution in [-0.4, -0.2) is 15.5 Å². The predicted molar refractivity (Wildman–Crippen MR) is 114 cm³/mol. The van der Waals surface area contributed by atoms with Crippen LogP contribution in [0, 0.1) is 13.8 Å². The third-order valence-electron chi connectivity index (χ3n) is 4.40. The van der Waals surface area contributed by atoms with Crippen LogP contribution in [0.3, 0.4) is 0 Å². The molecule has 2 heterocycles. The van der Waals surface area contributed by atoms with Crippen molar-refractivity contribution in [1.29, 1.82) is 0 Å². The summed E-state index contributed by atoms with van der Waals surface area (Å²) in [5.74, 6) is -0.258. The molecular formula is C22H19N3O2S. The first-order chi connectivity index (χ1) is 13.5. The van der Waals surface area contributed by atoms with E-state index in [4.69, 9.17) is 0 Å². The topological polar surface area (TPSA) is 64.0 Å². The Labute approximate surface area is 166 Å². The van der Waals surface area contributed by atoms with Gasteiger partial charge in [-0.3, -0.25) is 14.2 Å². The molecule has 0 saturated carbocycles. The number of rotatable bonds is 4. The molecule has 6 heteroatoms. The van der Waals surface area contributed by atoms with E-state index in [0.29, 0.717) is 10.2 Å². The van der Waals surface area contributed by atoms with Gasteiger partial charge in [-0.15, -0.1) is 11.3 Å². The number of thiophene rings is 1. The molecule has 4 aromatic rings. The molecular weight excluding hydrogens is 370 g/mol. The van der Waals surface area contributed by atoms with Gasteiger partial charge in [-0.1, -0.05) is 36.4 Å². The monoisotopic (exact) mass is 389 g/mol. The Kier molecular flexibility index (Phi) is 4.79. The van der Waals surface area contributed by atoms with Crippen molar-refractivity contribution in [3.63, 3.8) is 0 Å². The average Bonchev–Trinajstić information content (AvgIpc) is 3.09. The highest BCUT2D eigenvalue weighted by Gasteiger charge is 2.12. The Morgan fingerprint density at radius 1 is 1.07 bits per heavy atom. The lowest BCUT2D eigenvalue weighted by Crippen LogP contribution is -2.27. The zero-order chi connectivity index (χ0) is 19.7. The molecule has 140 valence electrons. The summed E-state index contributed by atoms with van der Waals surface area (Å²) >= 11 is 1.47. The zero-order valence-electron chi connectivity index (χ0n) is 15.6. The van der Waals surface area contributed by atoms with Crippen LogP contribution in [0.4, 0.5) is 5.69 Å². The Morgan fingerprint density at radius 3 is 2.50 bits per heavy atom. The molecule has 0 aliphatic heterocycles. The maximum Gasteiger partial charge on any atom is 0.262 e. The normalized spacial score (nSPS) is 10.9. The van der Waals surface area contributed by atoms with Crippen molar-refractivity contribution in [1.82, 2.24) is 9.55 Å². The minimum absolute atomic E-state index is 0.0781. The fraction of sp³-hybridized carbons (Fsp3) is 0.136. The first-order valence-electron chi connectivity index (χ1n) is 8.92. The number of nitrogens with zero attached hydrogens (tertiary/aromatic N) is 2. The molecule has 0 aliphatic carbocycles. The van der Waals surface area contributed by atoms with E-state index in [1.165, 1.54) is 22.2 Å². The Bertz CT molecular complexity index is 1210. The quantitative estimate of drug-likeness (QED) is 0.563. The lowest BCUT2D eigenvalue weighted by Gasteiger charge is -2.09. The fourth-order valence-electron chi connectivity index (χ4n) is 3.22. The number of benzene rings is 2. The van der Waals surface area contributed by atoms with Crippen molar-refractivity contribution >= 4 is 33.1 Å². The highest BCUT2D eigenvalue weighted by Crippen LogP contribution is 2.30. The molecule has 1 amide bonds. The summed E-state index contributed by atoms with van der Waals surface area (Å²) in [6.45, 7) is 3.88. The van der Waals surface area contributed by atoms with E-state index in [1.54, 1.807) is 0 Å². The van der Waals surface area contributed by atoms with E-state index in [0.717, 1.165) is 27.3 Å². The standard InChI is InChI=1S/C22H19N3O2S/c1-14-8-15(2)10-17(9-14)24-20(26)12-25-13-23-21-18(22(25)27)11-19(28-21)16-6-4-3-5-7-16/h3-11,13H,12H2,1-2H3,(H,24,26). The molecule has 2 aromatic carbocycles. The van der Waals surface area contributed by atoms with Gasteiger partial charge in [0, 0.05) is 10.6 Å². The number of carbonyl (C=O) groups excluding carboxylic acids is 1. The second-order valence-electron chi connectivity index (χ2n) is 6.80. The van der Waals surface area contributed by atoms with Gasteiger partial charge in [-0.05, 0) is 48.7 Å². The van der Waals surface area contributed by atoms with Crippen molar-refractivity contribution in [3.05, 3.63) is 82.4 Å². The van der Waals surface area contributed by atoms with Crippen molar-refractivity contribution in [2.45, 2.75) is 20.4 Å². The Balaban J connectivity index is 1.59. The van der Waals surface area contributed by atoms with Crippen LogP contribution in [0.25, 0.3) is 20.7 Å². The van der Waals surface area contributed by atoms with Crippen molar-refractivity contribution < 1.29 is 4.79 Å². The molecule has 0 saturated heterocycles. The van der Waals surface area contributed by atoms with Crippen molar-refractivity contribution in [2.75, 3.05) is 5.32 Å². The van der Waals surface area contributed by atoms with Crippen LogP contribution >= 0.6 is 11.3 Å². The number of nitrogens with one attached hydrogen (secondary N) is 1. The molecule has 0 bridgehead atoms. The maximum atomic E-state index is 12.8. The number of anilines is 1. The van der Waals surface area contributed by atoms with Crippen LogP contribution in [0.5, 0.6) is 0 Å². The molecule has 0 spiro atoms. The first-order valence-corrected chi connectivity index (χ1v) is 9.74. The van der Waals surface area contributed by atoms with Gasteiger partial charge in [0.1, 0.15) is 11.4 Å². The molecule has 5 nitrogen and oxygen atoms in total. The van der Waals surface area contributed by atoms with E-state index < -0.39 is 0 Å². The molecule has 4 rings (SSSR count). The maximum absolute atomic E-state index is 12.8. The van der Waals surface area contributed by atoms with Crippen LogP contribution in [-0.2, 0) is 11.3 Å². The lowest BCUT2D eigenvalue weighted by molar-refractivity contribution is -0.116. The summed E-state index contributed by atoms with van der Waals surface area (Å²) < 4.78 is 1.35. The number of amides is 1. The summed E-state index contributed by atoms with van der Waals surface area (Å²) in [6, 6.07) is 17.6. The number of aryl methyl sites for hydroxylation is 2. The summed E-state index contributed by atoms with van der Waals surface area (Å²) in [7, 11) is 0. The van der Waals surface area contributed by atoms with E-state index >= 15 is 0 Å². The number of hydrogen-bond donors (Lipinski definition) is 1. The second kappa shape index (κ2) is 7.40. The Morgan fingerprint density at radius 2 is 1.79 bits per heavy atom. The van der Waals surface area contributed by atoms with Gasteiger partial charge in [0.15, 0.2) is 0 Å². The fourth-order valence-corrected chi connectivity index (χ4v) is 4.21. The average molecular weight is 389 g/mol.